The van der Waals surface area contributed by atoms with Crippen molar-refractivity contribution in [3.05, 3.63) is 42.4 Å². The number of aromatic nitrogens is 2. The molecule has 3 N–H and O–H groups in total. The third-order valence-corrected chi connectivity index (χ3v) is 7.75. The molecule has 1 unspecified atom stereocenters. The molecule has 5 nitrogen and oxygen atoms in total. The molecule has 5 rings (SSSR count). The van der Waals surface area contributed by atoms with Gasteiger partial charge in [-0.2, -0.15) is 0 Å². The molecule has 1 aromatic heterocycles. The molecule has 0 bridgehead atoms. The summed E-state index contributed by atoms with van der Waals surface area (Å²) >= 11 is 0. The van der Waals surface area contributed by atoms with Crippen LogP contribution in [0.4, 0.5) is 0 Å². The van der Waals surface area contributed by atoms with Crippen LogP contribution in [0, 0.1) is 11.3 Å². The van der Waals surface area contributed by atoms with Crippen LogP contribution in [0.25, 0.3) is 11.3 Å². The maximum absolute atomic E-state index is 11.7. The number of hydrogen-bond donors (Lipinski definition) is 3. The molecule has 3 aliphatic rings. The fraction of sp³-hybridized carbons (Fsp3) is 0.609. The van der Waals surface area contributed by atoms with E-state index in [9.17, 15) is 10.2 Å². The second kappa shape index (κ2) is 7.29. The summed E-state index contributed by atoms with van der Waals surface area (Å²) in [4.78, 5) is 4.37. The fourth-order valence-electron chi connectivity index (χ4n) is 6.18. The first kappa shape index (κ1) is 18.3. The van der Waals surface area contributed by atoms with E-state index in [-0.39, 0.29) is 23.7 Å². The van der Waals surface area contributed by atoms with E-state index in [4.69, 9.17) is 0 Å². The number of hydrogen-bond acceptors (Lipinski definition) is 4. The number of imidazole rings is 1. The van der Waals surface area contributed by atoms with Crippen LogP contribution in [0.1, 0.15) is 56.6 Å². The molecular weight excluding hydrogens is 350 g/mol. The topological polar surface area (TPSA) is 70.3 Å². The van der Waals surface area contributed by atoms with Gasteiger partial charge in [0.05, 0.1) is 36.5 Å². The Morgan fingerprint density at radius 2 is 1.89 bits per heavy atom. The van der Waals surface area contributed by atoms with Gasteiger partial charge in [0, 0.05) is 11.0 Å². The number of nitrogens with zero attached hydrogens (tertiary/aromatic N) is 2. The highest BCUT2D eigenvalue weighted by Crippen LogP contribution is 2.50. The van der Waals surface area contributed by atoms with Gasteiger partial charge in [0.25, 0.3) is 0 Å². The van der Waals surface area contributed by atoms with Gasteiger partial charge in [-0.3, -0.25) is 0 Å². The monoisotopic (exact) mass is 381 g/mol. The lowest BCUT2D eigenvalue weighted by Crippen LogP contribution is -2.50. The van der Waals surface area contributed by atoms with Crippen LogP contribution in [0.15, 0.2) is 36.8 Å². The maximum atomic E-state index is 11.7. The first-order valence-corrected chi connectivity index (χ1v) is 10.9. The summed E-state index contributed by atoms with van der Waals surface area (Å²) in [7, 11) is 0. The van der Waals surface area contributed by atoms with Gasteiger partial charge in [0.1, 0.15) is 0 Å². The largest absolute Gasteiger partial charge is 0.393 e. The van der Waals surface area contributed by atoms with Crippen LogP contribution in [-0.2, 0) is 0 Å². The molecule has 1 aliphatic carbocycles. The Morgan fingerprint density at radius 3 is 2.68 bits per heavy atom. The summed E-state index contributed by atoms with van der Waals surface area (Å²) < 4.78 is 2.24. The van der Waals surface area contributed by atoms with E-state index in [2.05, 4.69) is 39.1 Å². The Labute approximate surface area is 166 Å². The summed E-state index contributed by atoms with van der Waals surface area (Å²) in [5, 5.41) is 25.1. The highest BCUT2D eigenvalue weighted by molar-refractivity contribution is 5.68. The molecular formula is C23H31N3O2. The third-order valence-electron chi connectivity index (χ3n) is 7.75. The summed E-state index contributed by atoms with van der Waals surface area (Å²) in [5.74, 6) is 0.506. The summed E-state index contributed by atoms with van der Waals surface area (Å²) in [5.41, 5.74) is 3.68. The van der Waals surface area contributed by atoms with Crippen LogP contribution < -0.4 is 5.32 Å². The van der Waals surface area contributed by atoms with Crippen LogP contribution in [-0.4, -0.2) is 45.1 Å². The molecule has 5 heteroatoms. The van der Waals surface area contributed by atoms with Gasteiger partial charge >= 0.3 is 0 Å². The summed E-state index contributed by atoms with van der Waals surface area (Å²) in [6.07, 6.45) is 9.98. The number of fused-ring (bicyclic) bond motifs is 3. The van der Waals surface area contributed by atoms with Crippen LogP contribution in [0.5, 0.6) is 0 Å². The minimum absolute atomic E-state index is 0.0380. The van der Waals surface area contributed by atoms with Crippen molar-refractivity contribution in [3.8, 4) is 11.3 Å². The number of piperidine rings is 1. The zero-order chi connectivity index (χ0) is 19.1. The molecule has 2 aliphatic heterocycles. The summed E-state index contributed by atoms with van der Waals surface area (Å²) in [6.45, 7) is 1.96. The summed E-state index contributed by atoms with van der Waals surface area (Å²) in [6, 6.07) is 8.70. The van der Waals surface area contributed by atoms with Crippen LogP contribution >= 0.6 is 0 Å². The highest BCUT2D eigenvalue weighted by atomic mass is 16.3. The van der Waals surface area contributed by atoms with E-state index < -0.39 is 0 Å². The second-order valence-electron chi connectivity index (χ2n) is 9.03. The van der Waals surface area contributed by atoms with Gasteiger partial charge in [0.2, 0.25) is 0 Å². The molecule has 0 radical (unpaired) electrons. The van der Waals surface area contributed by atoms with E-state index in [0.717, 1.165) is 63.7 Å². The van der Waals surface area contributed by atoms with Gasteiger partial charge < -0.3 is 20.1 Å². The van der Waals surface area contributed by atoms with E-state index in [0.29, 0.717) is 5.92 Å². The average molecular weight is 382 g/mol. The Hall–Kier alpha value is -1.69. The molecule has 150 valence electrons. The van der Waals surface area contributed by atoms with Crippen molar-refractivity contribution in [2.45, 2.75) is 63.2 Å². The number of aliphatic hydroxyl groups excluding tert-OH is 2. The zero-order valence-electron chi connectivity index (χ0n) is 16.4. The van der Waals surface area contributed by atoms with Gasteiger partial charge in [-0.05, 0) is 69.5 Å². The van der Waals surface area contributed by atoms with Gasteiger partial charge in [-0.15, -0.1) is 0 Å². The number of nitrogens with one attached hydrogen (secondary N) is 1. The molecule has 1 saturated heterocycles. The maximum Gasteiger partial charge on any atom is 0.0956 e. The molecule has 1 aromatic carbocycles. The lowest BCUT2D eigenvalue weighted by molar-refractivity contribution is -0.0720. The van der Waals surface area contributed by atoms with Gasteiger partial charge in [0.15, 0.2) is 0 Å². The SMILES string of the molecule is OC1CCC(C2([C@H](O)CC3c4ccccc4-c4cncn43)CCNCC2)CC1. The van der Waals surface area contributed by atoms with Gasteiger partial charge in [-0.1, -0.05) is 24.3 Å². The molecule has 0 amide bonds. The van der Waals surface area contributed by atoms with E-state index in [1.807, 2.05) is 12.5 Å². The van der Waals surface area contributed by atoms with Crippen molar-refractivity contribution < 1.29 is 10.2 Å². The molecule has 2 fully saturated rings. The highest BCUT2D eigenvalue weighted by Gasteiger charge is 2.47. The molecule has 0 spiro atoms. The molecule has 2 atom stereocenters. The van der Waals surface area contributed by atoms with Crippen molar-refractivity contribution in [1.82, 2.24) is 14.9 Å². The average Bonchev–Trinajstić information content (AvgIpc) is 3.32. The third kappa shape index (κ3) is 2.92. The van der Waals surface area contributed by atoms with E-state index in [1.165, 1.54) is 11.1 Å². The number of benzene rings is 1. The van der Waals surface area contributed by atoms with Crippen LogP contribution in [0.2, 0.25) is 0 Å². The fourth-order valence-corrected chi connectivity index (χ4v) is 6.18. The Morgan fingerprint density at radius 1 is 1.14 bits per heavy atom. The van der Waals surface area contributed by atoms with Crippen molar-refractivity contribution in [1.29, 1.82) is 0 Å². The standard InChI is InChI=1S/C23H31N3O2/c27-17-7-5-16(6-8-17)23(9-11-24-12-10-23)22(28)13-20-18-3-1-2-4-19(18)21-14-25-15-26(20)21/h1-4,14-17,20,22,24,27-28H,5-13H2/t16?,17?,20?,22-/m1/s1. The minimum Gasteiger partial charge on any atom is -0.393 e. The van der Waals surface area contributed by atoms with Crippen LogP contribution in [0.3, 0.4) is 0 Å². The first-order valence-electron chi connectivity index (χ1n) is 10.9. The van der Waals surface area contributed by atoms with E-state index in [1.54, 1.807) is 0 Å². The predicted molar refractivity (Wildman–Crippen MR) is 109 cm³/mol. The number of rotatable bonds is 4. The smallest absolute Gasteiger partial charge is 0.0956 e. The Balaban J connectivity index is 1.44. The quantitative estimate of drug-likeness (QED) is 0.761. The number of aliphatic hydroxyl groups is 2. The Kier molecular flexibility index (Phi) is 4.77. The van der Waals surface area contributed by atoms with Crippen molar-refractivity contribution >= 4 is 0 Å². The molecule has 1 saturated carbocycles. The first-order chi connectivity index (χ1) is 13.7. The predicted octanol–water partition coefficient (Wildman–Crippen LogP) is 3.12. The van der Waals surface area contributed by atoms with E-state index >= 15 is 0 Å². The van der Waals surface area contributed by atoms with Gasteiger partial charge in [-0.25, -0.2) is 4.98 Å². The molecule has 3 heterocycles. The second-order valence-corrected chi connectivity index (χ2v) is 9.03. The van der Waals surface area contributed by atoms with Crippen molar-refractivity contribution in [3.63, 3.8) is 0 Å². The zero-order valence-corrected chi connectivity index (χ0v) is 16.4. The Bertz CT molecular complexity index is 819. The lowest BCUT2D eigenvalue weighted by Gasteiger charge is -2.49. The normalized spacial score (nSPS) is 29.9. The molecule has 2 aromatic rings. The van der Waals surface area contributed by atoms with Crippen molar-refractivity contribution in [2.24, 2.45) is 11.3 Å². The molecule has 28 heavy (non-hydrogen) atoms. The minimum atomic E-state index is -0.346. The lowest BCUT2D eigenvalue weighted by atomic mass is 9.60. The van der Waals surface area contributed by atoms with Crippen molar-refractivity contribution in [2.75, 3.05) is 13.1 Å².